The molecule has 0 saturated carbocycles. The second kappa shape index (κ2) is 8.45. The maximum absolute atomic E-state index is 12.2. The summed E-state index contributed by atoms with van der Waals surface area (Å²) >= 11 is 3.49. The van der Waals surface area contributed by atoms with Crippen LogP contribution in [-0.4, -0.2) is 30.8 Å². The first-order valence-corrected chi connectivity index (χ1v) is 8.29. The summed E-state index contributed by atoms with van der Waals surface area (Å²) in [5, 5.41) is 2.57. The van der Waals surface area contributed by atoms with Crippen LogP contribution in [0.3, 0.4) is 0 Å². The number of nitrogens with one attached hydrogen (secondary N) is 1. The molecule has 0 radical (unpaired) electrons. The van der Waals surface area contributed by atoms with Gasteiger partial charge in [-0.3, -0.25) is 9.59 Å². The van der Waals surface area contributed by atoms with Gasteiger partial charge >= 0.3 is 0 Å². The van der Waals surface area contributed by atoms with Gasteiger partial charge < -0.3 is 10.2 Å². The monoisotopic (exact) mass is 386 g/mol. The van der Waals surface area contributed by atoms with Crippen molar-refractivity contribution in [3.05, 3.63) is 75.8 Å². The van der Waals surface area contributed by atoms with Crippen molar-refractivity contribution >= 4 is 33.8 Å². The number of hydrogen-bond acceptors (Lipinski definition) is 2. The molecule has 124 valence electrons. The molecular formula is C19H19BrN2O2. The molecule has 2 aromatic carbocycles. The summed E-state index contributed by atoms with van der Waals surface area (Å²) in [6.45, 7) is 0.528. The lowest BCUT2D eigenvalue weighted by atomic mass is 10.1. The molecule has 0 aromatic heterocycles. The van der Waals surface area contributed by atoms with Crippen LogP contribution in [0.4, 0.5) is 0 Å². The van der Waals surface area contributed by atoms with Crippen molar-refractivity contribution in [1.29, 1.82) is 0 Å². The third-order valence-corrected chi connectivity index (χ3v) is 4.33. The fourth-order valence-electron chi connectivity index (χ4n) is 2.14. The highest BCUT2D eigenvalue weighted by atomic mass is 79.9. The van der Waals surface area contributed by atoms with Crippen LogP contribution in [-0.2, 0) is 11.3 Å². The van der Waals surface area contributed by atoms with Crippen molar-refractivity contribution in [3.8, 4) is 0 Å². The summed E-state index contributed by atoms with van der Waals surface area (Å²) in [7, 11) is 3.36. The summed E-state index contributed by atoms with van der Waals surface area (Å²) in [6.07, 6.45) is 3.28. The highest BCUT2D eigenvalue weighted by Crippen LogP contribution is 2.17. The molecule has 5 heteroatoms. The van der Waals surface area contributed by atoms with E-state index in [1.165, 1.54) is 6.08 Å². The van der Waals surface area contributed by atoms with Crippen LogP contribution in [0.15, 0.2) is 59.1 Å². The number of hydrogen-bond donors (Lipinski definition) is 1. The quantitative estimate of drug-likeness (QED) is 0.799. The van der Waals surface area contributed by atoms with Crippen molar-refractivity contribution in [2.24, 2.45) is 0 Å². The third kappa shape index (κ3) is 4.80. The normalized spacial score (nSPS) is 10.6. The van der Waals surface area contributed by atoms with Gasteiger partial charge in [0.15, 0.2) is 0 Å². The average Bonchev–Trinajstić information content (AvgIpc) is 2.61. The molecule has 0 bridgehead atoms. The molecule has 24 heavy (non-hydrogen) atoms. The molecule has 0 aliphatic heterocycles. The van der Waals surface area contributed by atoms with E-state index in [1.54, 1.807) is 37.2 Å². The van der Waals surface area contributed by atoms with Gasteiger partial charge in [-0.2, -0.15) is 0 Å². The predicted molar refractivity (Wildman–Crippen MR) is 99.5 cm³/mol. The Morgan fingerprint density at radius 1 is 1.12 bits per heavy atom. The summed E-state index contributed by atoms with van der Waals surface area (Å²) < 4.78 is 0.985. The van der Waals surface area contributed by atoms with E-state index in [2.05, 4.69) is 21.2 Å². The topological polar surface area (TPSA) is 49.4 Å². The first-order valence-electron chi connectivity index (χ1n) is 7.50. The van der Waals surface area contributed by atoms with Crippen molar-refractivity contribution in [1.82, 2.24) is 10.2 Å². The van der Waals surface area contributed by atoms with Gasteiger partial charge in [-0.1, -0.05) is 46.3 Å². The Hall–Kier alpha value is -2.40. The van der Waals surface area contributed by atoms with Crippen molar-refractivity contribution < 1.29 is 9.59 Å². The lowest BCUT2D eigenvalue weighted by Gasteiger charge is -2.16. The number of carbonyl (C=O) groups excluding carboxylic acids is 2. The molecule has 0 unspecified atom stereocenters. The van der Waals surface area contributed by atoms with E-state index in [0.717, 1.165) is 15.6 Å². The van der Waals surface area contributed by atoms with Crippen molar-refractivity contribution in [2.75, 3.05) is 14.1 Å². The third-order valence-electron chi connectivity index (χ3n) is 3.56. The van der Waals surface area contributed by atoms with Crippen LogP contribution >= 0.6 is 15.9 Å². The number of halogens is 1. The van der Waals surface area contributed by atoms with E-state index in [9.17, 15) is 9.59 Å². The SMILES string of the molecule is CNC(=O)c1ccc(/C=C/C(=O)N(C)Cc2ccccc2Br)cc1. The van der Waals surface area contributed by atoms with E-state index in [0.29, 0.717) is 12.1 Å². The number of likely N-dealkylation sites (N-methyl/N-ethyl adjacent to an activating group) is 1. The number of carbonyl (C=O) groups is 2. The average molecular weight is 387 g/mol. The molecule has 0 aliphatic rings. The van der Waals surface area contributed by atoms with E-state index in [4.69, 9.17) is 0 Å². The van der Waals surface area contributed by atoms with E-state index >= 15 is 0 Å². The first-order chi connectivity index (χ1) is 11.5. The van der Waals surface area contributed by atoms with Gasteiger partial charge in [-0.05, 0) is 35.4 Å². The van der Waals surface area contributed by atoms with E-state index < -0.39 is 0 Å². The summed E-state index contributed by atoms with van der Waals surface area (Å²) in [6, 6.07) is 14.9. The number of benzene rings is 2. The van der Waals surface area contributed by atoms with Gasteiger partial charge in [0.1, 0.15) is 0 Å². The molecular weight excluding hydrogens is 368 g/mol. The zero-order valence-corrected chi connectivity index (χ0v) is 15.2. The highest BCUT2D eigenvalue weighted by Gasteiger charge is 2.08. The lowest BCUT2D eigenvalue weighted by Crippen LogP contribution is -2.24. The van der Waals surface area contributed by atoms with Crippen molar-refractivity contribution in [2.45, 2.75) is 6.54 Å². The number of nitrogens with zero attached hydrogens (tertiary/aromatic N) is 1. The second-order valence-corrected chi connectivity index (χ2v) is 6.17. The first kappa shape index (κ1) is 17.9. The molecule has 0 spiro atoms. The van der Waals surface area contributed by atoms with Crippen LogP contribution in [0.1, 0.15) is 21.5 Å². The Labute approximate surface area is 150 Å². The summed E-state index contributed by atoms with van der Waals surface area (Å²) in [4.78, 5) is 25.3. The molecule has 0 atom stereocenters. The molecule has 1 N–H and O–H groups in total. The predicted octanol–water partition coefficient (Wildman–Crippen LogP) is 3.48. The van der Waals surface area contributed by atoms with Gasteiger partial charge in [-0.25, -0.2) is 0 Å². The lowest BCUT2D eigenvalue weighted by molar-refractivity contribution is -0.125. The van der Waals surface area contributed by atoms with Crippen LogP contribution in [0.25, 0.3) is 6.08 Å². The smallest absolute Gasteiger partial charge is 0.251 e. The van der Waals surface area contributed by atoms with Gasteiger partial charge in [0.2, 0.25) is 5.91 Å². The van der Waals surface area contributed by atoms with Crippen LogP contribution in [0, 0.1) is 0 Å². The zero-order chi connectivity index (χ0) is 17.5. The van der Waals surface area contributed by atoms with Crippen LogP contribution < -0.4 is 5.32 Å². The Bertz CT molecular complexity index is 754. The van der Waals surface area contributed by atoms with E-state index in [-0.39, 0.29) is 11.8 Å². The number of amides is 2. The second-order valence-electron chi connectivity index (χ2n) is 5.32. The maximum Gasteiger partial charge on any atom is 0.251 e. The molecule has 0 aliphatic carbocycles. The number of rotatable bonds is 5. The largest absolute Gasteiger partial charge is 0.355 e. The van der Waals surface area contributed by atoms with Crippen LogP contribution in [0.5, 0.6) is 0 Å². The van der Waals surface area contributed by atoms with Crippen LogP contribution in [0.2, 0.25) is 0 Å². The fraction of sp³-hybridized carbons (Fsp3) is 0.158. The molecule has 2 rings (SSSR count). The zero-order valence-electron chi connectivity index (χ0n) is 13.6. The minimum Gasteiger partial charge on any atom is -0.355 e. The molecule has 2 aromatic rings. The molecule has 0 saturated heterocycles. The van der Waals surface area contributed by atoms with E-state index in [1.807, 2.05) is 36.4 Å². The molecule has 4 nitrogen and oxygen atoms in total. The van der Waals surface area contributed by atoms with Gasteiger partial charge in [0, 0.05) is 36.8 Å². The Kier molecular flexibility index (Phi) is 6.32. The minimum absolute atomic E-state index is 0.0823. The molecule has 2 amide bonds. The molecule has 0 heterocycles. The highest BCUT2D eigenvalue weighted by molar-refractivity contribution is 9.10. The maximum atomic E-state index is 12.2. The van der Waals surface area contributed by atoms with Gasteiger partial charge in [0.05, 0.1) is 0 Å². The fourth-order valence-corrected chi connectivity index (χ4v) is 2.55. The van der Waals surface area contributed by atoms with Gasteiger partial charge in [0.25, 0.3) is 5.91 Å². The Morgan fingerprint density at radius 2 is 1.79 bits per heavy atom. The minimum atomic E-state index is -0.130. The summed E-state index contributed by atoms with van der Waals surface area (Å²) in [5.74, 6) is -0.212. The van der Waals surface area contributed by atoms with Crippen molar-refractivity contribution in [3.63, 3.8) is 0 Å². The van der Waals surface area contributed by atoms with Gasteiger partial charge in [-0.15, -0.1) is 0 Å². The standard InChI is InChI=1S/C19H19BrN2O2/c1-21-19(24)15-10-7-14(8-11-15)9-12-18(23)22(2)13-16-5-3-4-6-17(16)20/h3-12H,13H2,1-2H3,(H,21,24)/b12-9+. The molecule has 0 fully saturated rings. The Balaban J connectivity index is 1.99. The Morgan fingerprint density at radius 3 is 2.42 bits per heavy atom. The summed E-state index contributed by atoms with van der Waals surface area (Å²) in [5.41, 5.74) is 2.51.